The molecule has 3 atom stereocenters. The van der Waals surface area contributed by atoms with Gasteiger partial charge in [-0.25, -0.2) is 14.8 Å². The first kappa shape index (κ1) is 38.2. The van der Waals surface area contributed by atoms with Gasteiger partial charge in [-0.05, 0) is 91.4 Å². The van der Waals surface area contributed by atoms with Crippen molar-refractivity contribution in [2.24, 2.45) is 26.7 Å². The second-order valence-corrected chi connectivity index (χ2v) is 16.0. The lowest BCUT2D eigenvalue weighted by Gasteiger charge is -2.49. The first-order valence-corrected chi connectivity index (χ1v) is 20.6. The number of rotatable bonds is 6. The van der Waals surface area contributed by atoms with Crippen LogP contribution >= 0.6 is 0 Å². The smallest absolute Gasteiger partial charge is 0.320 e. The topological polar surface area (TPSA) is 181 Å². The molecule has 5 amide bonds. The number of carbonyl (C=O) groups excluding carboxylic acids is 4. The second-order valence-electron chi connectivity index (χ2n) is 16.0. The predicted molar refractivity (Wildman–Crippen MR) is 222 cm³/mol. The van der Waals surface area contributed by atoms with Gasteiger partial charge in [0, 0.05) is 82.6 Å². The molecule has 0 saturated carbocycles. The van der Waals surface area contributed by atoms with Gasteiger partial charge in [-0.3, -0.25) is 30.0 Å². The Labute approximate surface area is 342 Å². The molecule has 7 heterocycles. The summed E-state index contributed by atoms with van der Waals surface area (Å²) in [6.07, 6.45) is 5.42. The van der Waals surface area contributed by atoms with Gasteiger partial charge < -0.3 is 30.1 Å². The molecule has 7 aliphatic rings. The lowest BCUT2D eigenvalue weighted by atomic mass is 9.94. The van der Waals surface area contributed by atoms with E-state index in [1.165, 1.54) is 12.8 Å². The molecule has 3 aromatic rings. The number of para-hydroxylation sites is 1. The van der Waals surface area contributed by atoms with Gasteiger partial charge >= 0.3 is 6.03 Å². The minimum atomic E-state index is -0.583. The number of nitrogens with zero attached hydrogens (tertiary/aromatic N) is 8. The number of amidine groups is 1. The number of likely N-dealkylation sites (tertiary alicyclic amines) is 1. The number of piperazine rings is 1. The molecule has 16 heteroatoms. The molecule has 10 rings (SSSR count). The summed E-state index contributed by atoms with van der Waals surface area (Å²) in [5, 5.41) is 6.72. The van der Waals surface area contributed by atoms with Crippen molar-refractivity contribution in [1.29, 1.82) is 0 Å². The number of nitrogens with two attached hydrogens (primary N) is 1. The van der Waals surface area contributed by atoms with Crippen molar-refractivity contribution in [1.82, 2.24) is 30.3 Å². The number of ether oxygens (including phenoxy) is 1. The maximum atomic E-state index is 12.9. The zero-order chi connectivity index (χ0) is 40.5. The van der Waals surface area contributed by atoms with Crippen LogP contribution in [0.3, 0.4) is 0 Å². The van der Waals surface area contributed by atoms with Gasteiger partial charge in [-0.2, -0.15) is 5.10 Å². The van der Waals surface area contributed by atoms with Crippen LogP contribution in [0, 0.1) is 5.92 Å². The van der Waals surface area contributed by atoms with Crippen LogP contribution in [0.1, 0.15) is 53.6 Å². The highest BCUT2D eigenvalue weighted by Crippen LogP contribution is 2.33. The van der Waals surface area contributed by atoms with Crippen LogP contribution in [0.25, 0.3) is 0 Å². The third-order valence-electron chi connectivity index (χ3n) is 12.3. The Morgan fingerprint density at radius 2 is 1.56 bits per heavy atom. The van der Waals surface area contributed by atoms with Crippen LogP contribution in [0.2, 0.25) is 0 Å². The Bertz CT molecular complexity index is 2170. The van der Waals surface area contributed by atoms with E-state index in [4.69, 9.17) is 10.5 Å². The van der Waals surface area contributed by atoms with Crippen LogP contribution in [-0.2, 0) is 16.1 Å². The molecule has 0 aliphatic carbocycles. The average molecular weight is 800 g/mol. The lowest BCUT2D eigenvalue weighted by molar-refractivity contribution is -0.136. The number of urea groups is 1. The Morgan fingerprint density at radius 3 is 2.31 bits per heavy atom. The number of hydrazone groups is 1. The van der Waals surface area contributed by atoms with Crippen LogP contribution in [0.15, 0.2) is 87.9 Å². The average Bonchev–Trinajstić information content (AvgIpc) is 3.83. The number of fused-ring (bicyclic) bond motifs is 2. The molecule has 4 fully saturated rings. The van der Waals surface area contributed by atoms with Gasteiger partial charge in [0.1, 0.15) is 35.6 Å². The number of hydrogen-bond acceptors (Lipinski definition) is 12. The van der Waals surface area contributed by atoms with E-state index in [-0.39, 0.29) is 42.3 Å². The Balaban J connectivity index is 0.000000168. The number of hydrogen-bond donors (Lipinski definition) is 3. The first-order chi connectivity index (χ1) is 28.8. The predicted octanol–water partition coefficient (Wildman–Crippen LogP) is 2.99. The summed E-state index contributed by atoms with van der Waals surface area (Å²) in [7, 11) is 0. The van der Waals surface area contributed by atoms with Crippen molar-refractivity contribution in [3.05, 3.63) is 89.5 Å². The third kappa shape index (κ3) is 7.96. The normalized spacial score (nSPS) is 24.2. The molecule has 3 aromatic carbocycles. The second kappa shape index (κ2) is 16.5. The molecular formula is C43H49N11O5. The number of amides is 5. The molecule has 306 valence electrons. The zero-order valence-electron chi connectivity index (χ0n) is 32.9. The largest absolute Gasteiger partial charge is 0.457 e. The van der Waals surface area contributed by atoms with E-state index >= 15 is 0 Å². The Hall–Kier alpha value is -6.29. The van der Waals surface area contributed by atoms with E-state index in [1.54, 1.807) is 4.90 Å². The summed E-state index contributed by atoms with van der Waals surface area (Å²) in [5.74, 6) is 1.19. The minimum absolute atomic E-state index is 0.124. The van der Waals surface area contributed by atoms with Crippen LogP contribution in [0.4, 0.5) is 10.5 Å². The van der Waals surface area contributed by atoms with Gasteiger partial charge in [0.05, 0.1) is 5.71 Å². The van der Waals surface area contributed by atoms with Crippen molar-refractivity contribution >= 4 is 47.3 Å². The lowest BCUT2D eigenvalue weighted by Crippen LogP contribution is -2.64. The van der Waals surface area contributed by atoms with E-state index in [0.29, 0.717) is 30.4 Å². The van der Waals surface area contributed by atoms with Crippen LogP contribution in [0.5, 0.6) is 11.5 Å². The SMILES string of the molecule is NC1=NC=NC2NN=C(c3ccc(Oc4ccccc4)cc3)C12.O=C1CCC(N2Cc3cc(N4CC(N5CCN(C(=O)N6CCCCC6)CC5)C4)ccc3C2=O)C(=O)N1. The number of aliphatic imine (C=N–C) groups is 2. The van der Waals surface area contributed by atoms with Crippen molar-refractivity contribution in [2.75, 3.05) is 57.3 Å². The van der Waals surface area contributed by atoms with E-state index in [2.05, 4.69) is 41.7 Å². The van der Waals surface area contributed by atoms with Crippen LogP contribution < -0.4 is 26.1 Å². The minimum Gasteiger partial charge on any atom is -0.457 e. The summed E-state index contributed by atoms with van der Waals surface area (Å²) in [6.45, 7) is 7.48. The van der Waals surface area contributed by atoms with Crippen LogP contribution in [-0.4, -0.2) is 132 Å². The van der Waals surface area contributed by atoms with Gasteiger partial charge in [-0.1, -0.05) is 18.2 Å². The number of benzene rings is 3. The Morgan fingerprint density at radius 1 is 0.831 bits per heavy atom. The standard InChI is InChI=1S/C26H34N6O4.C17H15N5O/c33-23-7-6-22(24(34)27-23)32-15-18-14-19(4-5-21(18)25(32)35)31-16-20(17-31)28-10-12-30(13-11-28)26(36)29-8-2-1-3-9-29;18-16-14-15(21-22-17(14)20-10-19-16)11-6-8-13(9-7-11)23-12-4-2-1-3-5-12/h4-5,14,20,22H,1-3,6-13,15-17H2,(H,27,33,34);1-10,14,17,22H,(H2,18,19,20). The molecule has 7 aliphatic heterocycles. The maximum Gasteiger partial charge on any atom is 0.320 e. The van der Waals surface area contributed by atoms with Crippen molar-refractivity contribution < 1.29 is 23.9 Å². The highest BCUT2D eigenvalue weighted by Gasteiger charge is 2.41. The molecule has 0 aromatic heterocycles. The van der Waals surface area contributed by atoms with Crippen molar-refractivity contribution in [2.45, 2.75) is 56.9 Å². The van der Waals surface area contributed by atoms with E-state index in [1.807, 2.05) is 76.5 Å². The summed E-state index contributed by atoms with van der Waals surface area (Å²) >= 11 is 0. The van der Waals surface area contributed by atoms with Gasteiger partial charge in [0.25, 0.3) is 5.91 Å². The summed E-state index contributed by atoms with van der Waals surface area (Å²) in [6, 6.07) is 23.5. The molecule has 0 spiro atoms. The molecular weight excluding hydrogens is 751 g/mol. The molecule has 0 radical (unpaired) electrons. The quantitative estimate of drug-likeness (QED) is 0.316. The Kier molecular flexibility index (Phi) is 10.7. The summed E-state index contributed by atoms with van der Waals surface area (Å²) < 4.78 is 5.80. The fraction of sp³-hybridized carbons (Fsp3) is 0.419. The number of carbonyl (C=O) groups is 4. The molecule has 3 unspecified atom stereocenters. The van der Waals surface area contributed by atoms with E-state index in [0.717, 1.165) is 99.2 Å². The number of nitrogens with one attached hydrogen (secondary N) is 2. The number of imide groups is 1. The molecule has 0 bridgehead atoms. The van der Waals surface area contributed by atoms with Crippen molar-refractivity contribution in [3.63, 3.8) is 0 Å². The number of piperidine rings is 2. The maximum absolute atomic E-state index is 12.9. The highest BCUT2D eigenvalue weighted by atomic mass is 16.5. The fourth-order valence-corrected chi connectivity index (χ4v) is 8.88. The monoisotopic (exact) mass is 799 g/mol. The van der Waals surface area contributed by atoms with Gasteiger partial charge in [0.2, 0.25) is 11.8 Å². The van der Waals surface area contributed by atoms with E-state index in [9.17, 15) is 19.2 Å². The molecule has 4 saturated heterocycles. The van der Waals surface area contributed by atoms with Gasteiger partial charge in [-0.15, -0.1) is 0 Å². The first-order valence-electron chi connectivity index (χ1n) is 20.6. The molecule has 4 N–H and O–H groups in total. The summed E-state index contributed by atoms with van der Waals surface area (Å²) in [4.78, 5) is 68.3. The molecule has 59 heavy (non-hydrogen) atoms. The van der Waals surface area contributed by atoms with Crippen molar-refractivity contribution in [3.8, 4) is 11.5 Å². The number of anilines is 1. The van der Waals surface area contributed by atoms with E-state index < -0.39 is 6.04 Å². The van der Waals surface area contributed by atoms with Gasteiger partial charge in [0.15, 0.2) is 6.17 Å². The zero-order valence-corrected chi connectivity index (χ0v) is 32.9. The summed E-state index contributed by atoms with van der Waals surface area (Å²) in [5.41, 5.74) is 13.5. The third-order valence-corrected chi connectivity index (χ3v) is 12.3. The highest BCUT2D eigenvalue weighted by molar-refractivity contribution is 6.17. The fourth-order valence-electron chi connectivity index (χ4n) is 8.88. The molecule has 16 nitrogen and oxygen atoms in total.